The lowest BCUT2D eigenvalue weighted by atomic mass is 10.3. The monoisotopic (exact) mass is 195 g/mol. The lowest BCUT2D eigenvalue weighted by Gasteiger charge is -1.98. The van der Waals surface area contributed by atoms with Gasteiger partial charge in [-0.15, -0.1) is 0 Å². The highest BCUT2D eigenvalue weighted by Gasteiger charge is 1.95. The van der Waals surface area contributed by atoms with E-state index in [1.165, 1.54) is 0 Å². The summed E-state index contributed by atoms with van der Waals surface area (Å²) in [5.41, 5.74) is 6.06. The maximum Gasteiger partial charge on any atom is 0.282 e. The van der Waals surface area contributed by atoms with Crippen molar-refractivity contribution in [2.45, 2.75) is 0 Å². The van der Waals surface area contributed by atoms with Gasteiger partial charge in [0.05, 0.1) is 5.69 Å². The van der Waals surface area contributed by atoms with Crippen LogP contribution < -0.4 is 11.1 Å². The summed E-state index contributed by atoms with van der Waals surface area (Å²) in [5, 5.41) is 1.71. The van der Waals surface area contributed by atoms with Crippen LogP contribution in [-0.2, 0) is 0 Å². The van der Waals surface area contributed by atoms with Gasteiger partial charge in [-0.3, -0.25) is 10.1 Å². The number of nitrogens with one attached hydrogen (secondary N) is 1. The third-order valence-corrected chi connectivity index (χ3v) is 1.35. The molecule has 0 aromatic heterocycles. The van der Waals surface area contributed by atoms with Crippen molar-refractivity contribution in [1.29, 1.82) is 0 Å². The topological polar surface area (TPSA) is 67.5 Å². The van der Waals surface area contributed by atoms with Crippen molar-refractivity contribution in [2.75, 3.05) is 0 Å². The highest BCUT2D eigenvalue weighted by atomic mass is 32.1. The summed E-state index contributed by atoms with van der Waals surface area (Å²) in [6.45, 7) is 0. The van der Waals surface area contributed by atoms with Crippen molar-refractivity contribution in [3.05, 3.63) is 30.3 Å². The number of aliphatic imine (C=N–C) groups is 1. The number of para-hydroxylation sites is 1. The van der Waals surface area contributed by atoms with Crippen LogP contribution >= 0.6 is 12.6 Å². The molecule has 0 heterocycles. The van der Waals surface area contributed by atoms with E-state index in [0.29, 0.717) is 5.69 Å². The lowest BCUT2D eigenvalue weighted by molar-refractivity contribution is 0.264. The first-order chi connectivity index (χ1) is 6.18. The number of benzene rings is 1. The first-order valence-corrected chi connectivity index (χ1v) is 4.02. The molecular formula is C8H9N3OS. The molecule has 0 aliphatic carbocycles. The van der Waals surface area contributed by atoms with Crippen molar-refractivity contribution >= 4 is 29.5 Å². The standard InChI is InChI=1S/C8H9N3OS/c9-7(11-8(12)13)10-6-4-2-1-3-5-6/h1-5H,(H4,9,10,11,12,13). The van der Waals surface area contributed by atoms with E-state index in [1.54, 1.807) is 12.1 Å². The van der Waals surface area contributed by atoms with E-state index >= 15 is 0 Å². The summed E-state index contributed by atoms with van der Waals surface area (Å²) in [6, 6.07) is 9.07. The van der Waals surface area contributed by atoms with Crippen molar-refractivity contribution in [3.63, 3.8) is 0 Å². The second kappa shape index (κ2) is 4.51. The van der Waals surface area contributed by atoms with Crippen molar-refractivity contribution in [1.82, 2.24) is 5.32 Å². The van der Waals surface area contributed by atoms with Crippen LogP contribution in [-0.4, -0.2) is 11.2 Å². The van der Waals surface area contributed by atoms with Gasteiger partial charge in [0.2, 0.25) is 5.96 Å². The zero-order valence-corrected chi connectivity index (χ0v) is 7.66. The van der Waals surface area contributed by atoms with E-state index < -0.39 is 5.24 Å². The summed E-state index contributed by atoms with van der Waals surface area (Å²) >= 11 is 3.49. The largest absolute Gasteiger partial charge is 0.369 e. The molecule has 0 radical (unpaired) electrons. The number of carbonyl (C=O) groups excluding carboxylic acids is 1. The normalized spacial score (nSPS) is 11.0. The van der Waals surface area contributed by atoms with Crippen LogP contribution in [0.15, 0.2) is 35.3 Å². The average Bonchev–Trinajstić information content (AvgIpc) is 2.04. The van der Waals surface area contributed by atoms with E-state index in [1.807, 2.05) is 18.2 Å². The Morgan fingerprint density at radius 1 is 1.38 bits per heavy atom. The summed E-state index contributed by atoms with van der Waals surface area (Å²) in [6.07, 6.45) is 0. The molecule has 13 heavy (non-hydrogen) atoms. The van der Waals surface area contributed by atoms with E-state index in [2.05, 4.69) is 22.9 Å². The Kier molecular flexibility index (Phi) is 3.33. The maximum atomic E-state index is 10.4. The summed E-state index contributed by atoms with van der Waals surface area (Å²) < 4.78 is 0. The zero-order valence-electron chi connectivity index (χ0n) is 6.77. The third kappa shape index (κ3) is 3.62. The summed E-state index contributed by atoms with van der Waals surface area (Å²) in [5.74, 6) is 0.0335. The molecule has 0 fully saturated rings. The molecule has 1 aromatic carbocycles. The van der Waals surface area contributed by atoms with Crippen LogP contribution in [0.4, 0.5) is 10.5 Å². The van der Waals surface area contributed by atoms with Crippen LogP contribution in [0.25, 0.3) is 0 Å². The Hall–Kier alpha value is -1.49. The molecule has 0 unspecified atom stereocenters. The number of nitrogens with two attached hydrogens (primary N) is 1. The second-order valence-electron chi connectivity index (χ2n) is 2.26. The van der Waals surface area contributed by atoms with Gasteiger partial charge in [0.15, 0.2) is 0 Å². The minimum Gasteiger partial charge on any atom is -0.369 e. The fourth-order valence-corrected chi connectivity index (χ4v) is 0.894. The van der Waals surface area contributed by atoms with E-state index in [0.717, 1.165) is 0 Å². The van der Waals surface area contributed by atoms with Crippen molar-refractivity contribution < 1.29 is 4.79 Å². The molecule has 0 bridgehead atoms. The number of thiol groups is 1. The molecule has 0 saturated carbocycles. The van der Waals surface area contributed by atoms with E-state index in [-0.39, 0.29) is 5.96 Å². The van der Waals surface area contributed by atoms with E-state index in [4.69, 9.17) is 5.73 Å². The first kappa shape index (κ1) is 9.60. The molecule has 0 aliphatic rings. The second-order valence-corrected chi connectivity index (χ2v) is 2.67. The van der Waals surface area contributed by atoms with Gasteiger partial charge in [0.1, 0.15) is 0 Å². The predicted octanol–water partition coefficient (Wildman–Crippen LogP) is 1.27. The SMILES string of the molecule is NC(=Nc1ccccc1)NC(=O)S. The highest BCUT2D eigenvalue weighted by Crippen LogP contribution is 2.08. The molecule has 1 aromatic rings. The van der Waals surface area contributed by atoms with Gasteiger partial charge in [-0.05, 0) is 12.1 Å². The van der Waals surface area contributed by atoms with Crippen LogP contribution in [0, 0.1) is 0 Å². The Balaban J connectivity index is 2.71. The molecule has 3 N–H and O–H groups in total. The quantitative estimate of drug-likeness (QED) is 0.359. The number of guanidine groups is 1. The van der Waals surface area contributed by atoms with Gasteiger partial charge in [-0.1, -0.05) is 30.8 Å². The summed E-state index contributed by atoms with van der Waals surface area (Å²) in [4.78, 5) is 14.3. The minimum atomic E-state index is -0.530. The van der Waals surface area contributed by atoms with Gasteiger partial charge in [-0.2, -0.15) is 0 Å². The molecule has 0 saturated heterocycles. The number of amides is 1. The third-order valence-electron chi connectivity index (χ3n) is 1.24. The average molecular weight is 195 g/mol. The van der Waals surface area contributed by atoms with Gasteiger partial charge in [0, 0.05) is 0 Å². The fourth-order valence-electron chi connectivity index (χ4n) is 0.779. The molecule has 5 heteroatoms. The summed E-state index contributed by atoms with van der Waals surface area (Å²) in [7, 11) is 0. The van der Waals surface area contributed by atoms with Gasteiger partial charge >= 0.3 is 0 Å². The number of rotatable bonds is 1. The molecule has 68 valence electrons. The number of carbonyl (C=O) groups is 1. The Labute approximate surface area is 81.3 Å². The van der Waals surface area contributed by atoms with Crippen LogP contribution in [0.2, 0.25) is 0 Å². The maximum absolute atomic E-state index is 10.4. The molecule has 1 rings (SSSR count). The predicted molar refractivity (Wildman–Crippen MR) is 55.2 cm³/mol. The highest BCUT2D eigenvalue weighted by molar-refractivity contribution is 7.96. The Bertz CT molecular complexity index is 323. The van der Waals surface area contributed by atoms with Gasteiger partial charge in [0.25, 0.3) is 5.24 Å². The first-order valence-electron chi connectivity index (χ1n) is 3.57. The Morgan fingerprint density at radius 2 is 2.00 bits per heavy atom. The number of hydrogen-bond donors (Lipinski definition) is 3. The van der Waals surface area contributed by atoms with Crippen LogP contribution in [0.1, 0.15) is 0 Å². The minimum absolute atomic E-state index is 0.0335. The number of nitrogens with zero attached hydrogens (tertiary/aromatic N) is 1. The van der Waals surface area contributed by atoms with Gasteiger partial charge < -0.3 is 5.73 Å². The Morgan fingerprint density at radius 3 is 2.54 bits per heavy atom. The molecular weight excluding hydrogens is 186 g/mol. The van der Waals surface area contributed by atoms with Crippen molar-refractivity contribution in [3.8, 4) is 0 Å². The van der Waals surface area contributed by atoms with E-state index in [9.17, 15) is 4.79 Å². The number of hydrogen-bond acceptors (Lipinski definition) is 2. The molecule has 0 atom stereocenters. The van der Waals surface area contributed by atoms with Crippen molar-refractivity contribution in [2.24, 2.45) is 10.7 Å². The van der Waals surface area contributed by atoms with Crippen LogP contribution in [0.5, 0.6) is 0 Å². The molecule has 4 nitrogen and oxygen atoms in total. The van der Waals surface area contributed by atoms with Crippen LogP contribution in [0.3, 0.4) is 0 Å². The zero-order chi connectivity index (χ0) is 9.68. The molecule has 0 aliphatic heterocycles. The van der Waals surface area contributed by atoms with Gasteiger partial charge in [-0.25, -0.2) is 4.99 Å². The fraction of sp³-hybridized carbons (Fsp3) is 0. The molecule has 1 amide bonds. The molecule has 0 spiro atoms. The lowest BCUT2D eigenvalue weighted by Crippen LogP contribution is -2.32. The smallest absolute Gasteiger partial charge is 0.282 e.